The minimum absolute atomic E-state index is 0.161. The van der Waals surface area contributed by atoms with Crippen molar-refractivity contribution < 1.29 is 19.0 Å². The second kappa shape index (κ2) is 8.59. The van der Waals surface area contributed by atoms with E-state index in [1.54, 1.807) is 37.3 Å². The van der Waals surface area contributed by atoms with E-state index in [4.69, 9.17) is 14.2 Å². The van der Waals surface area contributed by atoms with Crippen LogP contribution in [-0.4, -0.2) is 44.8 Å². The summed E-state index contributed by atoms with van der Waals surface area (Å²) in [5.41, 5.74) is 2.18. The van der Waals surface area contributed by atoms with Crippen molar-refractivity contribution in [3.63, 3.8) is 0 Å². The number of hydrogen-bond acceptors (Lipinski definition) is 5. The first kappa shape index (κ1) is 19.5. The smallest absolute Gasteiger partial charge is 0.255 e. The van der Waals surface area contributed by atoms with Crippen LogP contribution in [-0.2, 0) is 9.53 Å². The number of β-lactam (4-membered cyclic amide) rings is 1. The summed E-state index contributed by atoms with van der Waals surface area (Å²) in [7, 11) is 4.66. The van der Waals surface area contributed by atoms with Crippen LogP contribution in [0.2, 0.25) is 0 Å². The van der Waals surface area contributed by atoms with E-state index in [1.165, 1.54) is 7.11 Å². The van der Waals surface area contributed by atoms with Crippen molar-refractivity contribution >= 4 is 12.0 Å². The lowest BCUT2D eigenvalue weighted by molar-refractivity contribution is -0.170. The molecule has 2 atom stereocenters. The Hall–Kier alpha value is -3.30. The molecule has 0 spiro atoms. The molecule has 28 heavy (non-hydrogen) atoms. The molecule has 1 aliphatic rings. The molecule has 1 amide bonds. The highest BCUT2D eigenvalue weighted by atomic mass is 16.5. The highest BCUT2D eigenvalue weighted by Gasteiger charge is 2.49. The summed E-state index contributed by atoms with van der Waals surface area (Å²) in [4.78, 5) is 14.3. The van der Waals surface area contributed by atoms with Crippen LogP contribution in [0.15, 0.2) is 54.1 Å². The average Bonchev–Trinajstić information content (AvgIpc) is 2.74. The fourth-order valence-corrected chi connectivity index (χ4v) is 3.37. The maximum Gasteiger partial charge on any atom is 0.255 e. The minimum atomic E-state index is -0.627. The van der Waals surface area contributed by atoms with Gasteiger partial charge in [0.05, 0.1) is 32.9 Å². The van der Waals surface area contributed by atoms with Gasteiger partial charge >= 0.3 is 0 Å². The van der Waals surface area contributed by atoms with Gasteiger partial charge in [0.1, 0.15) is 11.5 Å². The van der Waals surface area contributed by atoms with Crippen molar-refractivity contribution in [2.24, 2.45) is 0 Å². The molecule has 1 saturated heterocycles. The van der Waals surface area contributed by atoms with Gasteiger partial charge in [-0.2, -0.15) is 5.26 Å². The molecule has 6 nitrogen and oxygen atoms in total. The van der Waals surface area contributed by atoms with Gasteiger partial charge in [0, 0.05) is 18.2 Å². The van der Waals surface area contributed by atoms with Crippen LogP contribution in [0.3, 0.4) is 0 Å². The Bertz CT molecular complexity index is 918. The van der Waals surface area contributed by atoms with Crippen molar-refractivity contribution in [3.05, 3.63) is 65.2 Å². The number of ether oxygens (including phenoxy) is 3. The van der Waals surface area contributed by atoms with Crippen LogP contribution in [0.1, 0.15) is 17.2 Å². The van der Waals surface area contributed by atoms with E-state index < -0.39 is 6.10 Å². The molecule has 0 unspecified atom stereocenters. The molecule has 144 valence electrons. The van der Waals surface area contributed by atoms with E-state index in [2.05, 4.69) is 6.07 Å². The fourth-order valence-electron chi connectivity index (χ4n) is 3.37. The van der Waals surface area contributed by atoms with Gasteiger partial charge in [0.15, 0.2) is 6.10 Å². The second-order valence-corrected chi connectivity index (χ2v) is 6.37. The second-order valence-electron chi connectivity index (χ2n) is 6.37. The Kier molecular flexibility index (Phi) is 5.97. The van der Waals surface area contributed by atoms with Crippen LogP contribution in [0.25, 0.3) is 6.08 Å². The standard InChI is InChI=1S/C22H22N2O4/c1-26-17-9-10-19(27-2)18(12-17)20-21(28-3)22(25)24(20)14-16(13-23)11-15-7-5-4-6-8-15/h4-12,20-21H,14H2,1-3H3/b16-11+/t20-,21+/m1/s1. The lowest BCUT2D eigenvalue weighted by Gasteiger charge is -2.46. The van der Waals surface area contributed by atoms with Gasteiger partial charge in [0.2, 0.25) is 0 Å². The van der Waals surface area contributed by atoms with Crippen molar-refractivity contribution in [1.29, 1.82) is 5.26 Å². The zero-order chi connectivity index (χ0) is 20.1. The van der Waals surface area contributed by atoms with Crippen LogP contribution in [0, 0.1) is 11.3 Å². The quantitative estimate of drug-likeness (QED) is 0.546. The zero-order valence-electron chi connectivity index (χ0n) is 16.1. The normalized spacial score (nSPS) is 19.0. The van der Waals surface area contributed by atoms with Crippen LogP contribution in [0.4, 0.5) is 0 Å². The summed E-state index contributed by atoms with van der Waals surface area (Å²) in [6.45, 7) is 0.190. The van der Waals surface area contributed by atoms with E-state index in [0.717, 1.165) is 11.1 Å². The highest BCUT2D eigenvalue weighted by Crippen LogP contribution is 2.42. The Morgan fingerprint density at radius 1 is 1.14 bits per heavy atom. The molecule has 1 fully saturated rings. The van der Waals surface area contributed by atoms with Gasteiger partial charge in [-0.3, -0.25) is 4.79 Å². The van der Waals surface area contributed by atoms with E-state index in [-0.39, 0.29) is 18.5 Å². The first-order valence-electron chi connectivity index (χ1n) is 8.83. The number of nitrogens with zero attached hydrogens (tertiary/aromatic N) is 2. The number of likely N-dealkylation sites (tertiary alicyclic amines) is 1. The Morgan fingerprint density at radius 2 is 1.89 bits per heavy atom. The zero-order valence-corrected chi connectivity index (χ0v) is 16.1. The van der Waals surface area contributed by atoms with Gasteiger partial charge in [0.25, 0.3) is 5.91 Å². The van der Waals surface area contributed by atoms with Crippen LogP contribution >= 0.6 is 0 Å². The number of rotatable bonds is 7. The SMILES string of the molecule is COc1ccc(OC)c([C@@H]2[C@H](OC)C(=O)N2C/C(C#N)=C/c2ccccc2)c1. The number of benzene rings is 2. The molecule has 0 N–H and O–H groups in total. The maximum absolute atomic E-state index is 12.6. The number of hydrogen-bond donors (Lipinski definition) is 0. The van der Waals surface area contributed by atoms with Gasteiger partial charge in [-0.15, -0.1) is 0 Å². The summed E-state index contributed by atoms with van der Waals surface area (Å²) in [6.07, 6.45) is 1.16. The summed E-state index contributed by atoms with van der Waals surface area (Å²) in [5, 5.41) is 9.57. The number of carbonyl (C=O) groups excluding carboxylic acids is 1. The first-order valence-corrected chi connectivity index (χ1v) is 8.83. The largest absolute Gasteiger partial charge is 0.497 e. The third kappa shape index (κ3) is 3.71. The number of nitriles is 1. The molecular formula is C22H22N2O4. The third-order valence-corrected chi connectivity index (χ3v) is 4.78. The van der Waals surface area contributed by atoms with Crippen LogP contribution in [0.5, 0.6) is 11.5 Å². The van der Waals surface area contributed by atoms with Crippen LogP contribution < -0.4 is 9.47 Å². The fraction of sp³-hybridized carbons (Fsp3) is 0.273. The average molecular weight is 378 g/mol. The molecule has 1 heterocycles. The Balaban J connectivity index is 1.93. The molecule has 0 aromatic heterocycles. The van der Waals surface area contributed by atoms with E-state index in [1.807, 2.05) is 36.4 Å². The molecular weight excluding hydrogens is 356 g/mol. The number of carbonyl (C=O) groups is 1. The molecule has 2 aromatic rings. The van der Waals surface area contributed by atoms with Gasteiger partial charge in [-0.05, 0) is 29.8 Å². The molecule has 0 saturated carbocycles. The summed E-state index contributed by atoms with van der Waals surface area (Å²) >= 11 is 0. The topological polar surface area (TPSA) is 71.8 Å². The summed E-state index contributed by atoms with van der Waals surface area (Å²) in [6, 6.07) is 16.8. The van der Waals surface area contributed by atoms with E-state index in [0.29, 0.717) is 17.1 Å². The third-order valence-electron chi connectivity index (χ3n) is 4.78. The maximum atomic E-state index is 12.6. The molecule has 2 aromatic carbocycles. The Morgan fingerprint density at radius 3 is 2.50 bits per heavy atom. The summed E-state index contributed by atoms with van der Waals surface area (Å²) in [5.74, 6) is 1.13. The summed E-state index contributed by atoms with van der Waals surface area (Å²) < 4.78 is 16.2. The molecule has 0 bridgehead atoms. The Labute approximate surface area is 164 Å². The van der Waals surface area contributed by atoms with Gasteiger partial charge < -0.3 is 19.1 Å². The van der Waals surface area contributed by atoms with Crippen molar-refractivity contribution in [2.45, 2.75) is 12.1 Å². The lowest BCUT2D eigenvalue weighted by Crippen LogP contribution is -2.59. The molecule has 3 rings (SSSR count). The van der Waals surface area contributed by atoms with Gasteiger partial charge in [-0.25, -0.2) is 0 Å². The molecule has 1 aliphatic heterocycles. The van der Waals surface area contributed by atoms with Crippen molar-refractivity contribution in [3.8, 4) is 17.6 Å². The van der Waals surface area contributed by atoms with E-state index >= 15 is 0 Å². The van der Waals surface area contributed by atoms with Gasteiger partial charge in [-0.1, -0.05) is 30.3 Å². The van der Waals surface area contributed by atoms with E-state index in [9.17, 15) is 10.1 Å². The highest BCUT2D eigenvalue weighted by molar-refractivity contribution is 5.90. The number of amides is 1. The molecule has 0 aliphatic carbocycles. The molecule has 6 heteroatoms. The van der Waals surface area contributed by atoms with Crippen molar-refractivity contribution in [1.82, 2.24) is 4.90 Å². The first-order chi connectivity index (χ1) is 13.6. The predicted octanol–water partition coefficient (Wildman–Crippen LogP) is 3.21. The number of methoxy groups -OCH3 is 3. The van der Waals surface area contributed by atoms with Crippen molar-refractivity contribution in [2.75, 3.05) is 27.9 Å². The molecule has 0 radical (unpaired) electrons. The minimum Gasteiger partial charge on any atom is -0.497 e. The lowest BCUT2D eigenvalue weighted by atomic mass is 9.89. The predicted molar refractivity (Wildman–Crippen MR) is 105 cm³/mol. The monoisotopic (exact) mass is 378 g/mol.